The van der Waals surface area contributed by atoms with Gasteiger partial charge in [-0.15, -0.1) is 0 Å². The van der Waals surface area contributed by atoms with Gasteiger partial charge in [-0.1, -0.05) is 5.16 Å². The SMILES string of the molecule is CN(Cc1noc(C2CC2)n1)[C@@H]1CCN(C[C@@H]2CCOC2)C1. The van der Waals surface area contributed by atoms with Crippen LogP contribution < -0.4 is 0 Å². The third-order valence-corrected chi connectivity index (χ3v) is 5.21. The fourth-order valence-electron chi connectivity index (χ4n) is 3.61. The van der Waals surface area contributed by atoms with Gasteiger partial charge in [-0.25, -0.2) is 0 Å². The van der Waals surface area contributed by atoms with E-state index in [4.69, 9.17) is 9.26 Å². The third-order valence-electron chi connectivity index (χ3n) is 5.21. The van der Waals surface area contributed by atoms with E-state index >= 15 is 0 Å². The van der Waals surface area contributed by atoms with Gasteiger partial charge in [0.15, 0.2) is 5.82 Å². The van der Waals surface area contributed by atoms with Gasteiger partial charge in [-0.05, 0) is 45.2 Å². The third kappa shape index (κ3) is 3.34. The van der Waals surface area contributed by atoms with Crippen molar-refractivity contribution in [3.63, 3.8) is 0 Å². The Labute approximate surface area is 131 Å². The molecule has 0 amide bonds. The van der Waals surface area contributed by atoms with Gasteiger partial charge in [-0.3, -0.25) is 4.90 Å². The second-order valence-corrected chi connectivity index (χ2v) is 7.17. The lowest BCUT2D eigenvalue weighted by Crippen LogP contribution is -2.35. The largest absolute Gasteiger partial charge is 0.381 e. The van der Waals surface area contributed by atoms with E-state index in [1.165, 1.54) is 38.8 Å². The van der Waals surface area contributed by atoms with Crippen LogP contribution in [0.2, 0.25) is 0 Å². The first kappa shape index (κ1) is 14.6. The van der Waals surface area contributed by atoms with Crippen LogP contribution in [0.5, 0.6) is 0 Å². The Kier molecular flexibility index (Phi) is 4.15. The van der Waals surface area contributed by atoms with Crippen molar-refractivity contribution in [2.24, 2.45) is 5.92 Å². The molecule has 0 unspecified atom stereocenters. The molecule has 0 radical (unpaired) electrons. The molecule has 3 fully saturated rings. The fourth-order valence-corrected chi connectivity index (χ4v) is 3.61. The van der Waals surface area contributed by atoms with Crippen molar-refractivity contribution in [2.75, 3.05) is 39.9 Å². The first-order chi connectivity index (χ1) is 10.8. The van der Waals surface area contributed by atoms with E-state index in [1.807, 2.05) is 0 Å². The van der Waals surface area contributed by atoms with Gasteiger partial charge in [0.1, 0.15) is 0 Å². The van der Waals surface area contributed by atoms with Gasteiger partial charge in [0, 0.05) is 31.7 Å². The van der Waals surface area contributed by atoms with E-state index in [0.29, 0.717) is 12.0 Å². The monoisotopic (exact) mass is 306 g/mol. The summed E-state index contributed by atoms with van der Waals surface area (Å²) < 4.78 is 10.8. The highest BCUT2D eigenvalue weighted by Crippen LogP contribution is 2.38. The van der Waals surface area contributed by atoms with Crippen molar-refractivity contribution in [1.29, 1.82) is 0 Å². The molecule has 2 aliphatic heterocycles. The molecule has 0 spiro atoms. The van der Waals surface area contributed by atoms with E-state index in [0.717, 1.165) is 43.9 Å². The number of ether oxygens (including phenoxy) is 1. The number of hydrogen-bond acceptors (Lipinski definition) is 6. The lowest BCUT2D eigenvalue weighted by Gasteiger charge is -2.24. The zero-order valence-electron chi connectivity index (χ0n) is 13.4. The average Bonchev–Trinajstić information content (AvgIpc) is 2.96. The quantitative estimate of drug-likeness (QED) is 0.794. The van der Waals surface area contributed by atoms with Crippen molar-refractivity contribution in [3.05, 3.63) is 11.7 Å². The minimum absolute atomic E-state index is 0.544. The minimum atomic E-state index is 0.544. The Morgan fingerprint density at radius 3 is 2.95 bits per heavy atom. The number of rotatable bonds is 6. The van der Waals surface area contributed by atoms with E-state index in [2.05, 4.69) is 27.0 Å². The number of hydrogen-bond donors (Lipinski definition) is 0. The maximum atomic E-state index is 5.48. The molecule has 3 heterocycles. The Morgan fingerprint density at radius 2 is 2.18 bits per heavy atom. The number of likely N-dealkylation sites (N-methyl/N-ethyl adjacent to an activating group) is 1. The molecule has 122 valence electrons. The topological polar surface area (TPSA) is 54.6 Å². The Balaban J connectivity index is 1.26. The molecule has 2 saturated heterocycles. The second kappa shape index (κ2) is 6.26. The summed E-state index contributed by atoms with van der Waals surface area (Å²) in [6, 6.07) is 0.602. The summed E-state index contributed by atoms with van der Waals surface area (Å²) in [6.45, 7) is 6.23. The summed E-state index contributed by atoms with van der Waals surface area (Å²) in [7, 11) is 2.18. The van der Waals surface area contributed by atoms with E-state index in [-0.39, 0.29) is 0 Å². The van der Waals surface area contributed by atoms with Crippen LogP contribution in [0.3, 0.4) is 0 Å². The van der Waals surface area contributed by atoms with E-state index < -0.39 is 0 Å². The Hall–Kier alpha value is -0.980. The summed E-state index contributed by atoms with van der Waals surface area (Å²) in [4.78, 5) is 9.51. The van der Waals surface area contributed by atoms with Crippen molar-refractivity contribution in [2.45, 2.75) is 44.2 Å². The lowest BCUT2D eigenvalue weighted by molar-refractivity contribution is 0.168. The molecule has 1 aliphatic carbocycles. The van der Waals surface area contributed by atoms with Crippen LogP contribution in [0, 0.1) is 5.92 Å². The first-order valence-corrected chi connectivity index (χ1v) is 8.61. The summed E-state index contributed by atoms with van der Waals surface area (Å²) in [6.07, 6.45) is 4.88. The fraction of sp³-hybridized carbons (Fsp3) is 0.875. The smallest absolute Gasteiger partial charge is 0.229 e. The van der Waals surface area contributed by atoms with Gasteiger partial charge in [0.05, 0.1) is 13.2 Å². The number of aromatic nitrogens is 2. The van der Waals surface area contributed by atoms with Crippen molar-refractivity contribution in [1.82, 2.24) is 19.9 Å². The van der Waals surface area contributed by atoms with Crippen molar-refractivity contribution < 1.29 is 9.26 Å². The molecular weight excluding hydrogens is 280 g/mol. The van der Waals surface area contributed by atoms with Crippen LogP contribution >= 0.6 is 0 Å². The number of likely N-dealkylation sites (tertiary alicyclic amines) is 1. The van der Waals surface area contributed by atoms with Crippen LogP contribution in [-0.2, 0) is 11.3 Å². The van der Waals surface area contributed by atoms with E-state index in [1.54, 1.807) is 0 Å². The zero-order valence-corrected chi connectivity index (χ0v) is 13.4. The zero-order chi connectivity index (χ0) is 14.9. The lowest BCUT2D eigenvalue weighted by atomic mass is 10.1. The predicted molar refractivity (Wildman–Crippen MR) is 81.5 cm³/mol. The Morgan fingerprint density at radius 1 is 1.27 bits per heavy atom. The molecule has 4 rings (SSSR count). The highest BCUT2D eigenvalue weighted by atomic mass is 16.5. The van der Waals surface area contributed by atoms with Crippen LogP contribution in [0.1, 0.15) is 43.3 Å². The van der Waals surface area contributed by atoms with Gasteiger partial charge in [-0.2, -0.15) is 4.98 Å². The second-order valence-electron chi connectivity index (χ2n) is 7.17. The Bertz CT molecular complexity index is 496. The van der Waals surface area contributed by atoms with Gasteiger partial charge < -0.3 is 14.2 Å². The number of nitrogens with zero attached hydrogens (tertiary/aromatic N) is 4. The summed E-state index contributed by atoms with van der Waals surface area (Å²) in [5, 5.41) is 4.13. The highest BCUT2D eigenvalue weighted by Gasteiger charge is 2.31. The van der Waals surface area contributed by atoms with Gasteiger partial charge in [0.2, 0.25) is 5.89 Å². The molecule has 3 aliphatic rings. The average molecular weight is 306 g/mol. The molecule has 1 saturated carbocycles. The van der Waals surface area contributed by atoms with Crippen LogP contribution in [-0.4, -0.2) is 65.9 Å². The van der Waals surface area contributed by atoms with Crippen molar-refractivity contribution in [3.8, 4) is 0 Å². The molecule has 6 heteroatoms. The van der Waals surface area contributed by atoms with Gasteiger partial charge >= 0.3 is 0 Å². The van der Waals surface area contributed by atoms with Crippen molar-refractivity contribution >= 4 is 0 Å². The standard InChI is InChI=1S/C16H26N4O2/c1-19(10-15-17-16(22-18-15)13-2-3-13)14-4-6-20(9-14)8-12-5-7-21-11-12/h12-14H,2-11H2,1H3/t12-,14+/m0/s1. The minimum Gasteiger partial charge on any atom is -0.381 e. The summed E-state index contributed by atoms with van der Waals surface area (Å²) in [5.41, 5.74) is 0. The molecule has 1 aromatic heterocycles. The van der Waals surface area contributed by atoms with Crippen LogP contribution in [0.15, 0.2) is 4.52 Å². The highest BCUT2D eigenvalue weighted by molar-refractivity contribution is 5.01. The molecule has 22 heavy (non-hydrogen) atoms. The normalized spacial score (nSPS) is 29.7. The van der Waals surface area contributed by atoms with Gasteiger partial charge in [0.25, 0.3) is 0 Å². The molecule has 6 nitrogen and oxygen atoms in total. The molecule has 0 aromatic carbocycles. The molecular formula is C16H26N4O2. The molecule has 1 aromatic rings. The first-order valence-electron chi connectivity index (χ1n) is 8.61. The summed E-state index contributed by atoms with van der Waals surface area (Å²) >= 11 is 0. The predicted octanol–water partition coefficient (Wildman–Crippen LogP) is 1.49. The molecule has 0 N–H and O–H groups in total. The molecule has 2 atom stereocenters. The van der Waals surface area contributed by atoms with Crippen LogP contribution in [0.4, 0.5) is 0 Å². The maximum Gasteiger partial charge on any atom is 0.229 e. The summed E-state index contributed by atoms with van der Waals surface area (Å²) in [5.74, 6) is 2.97. The molecule has 0 bridgehead atoms. The van der Waals surface area contributed by atoms with E-state index in [9.17, 15) is 0 Å². The maximum absolute atomic E-state index is 5.48. The van der Waals surface area contributed by atoms with Crippen LogP contribution in [0.25, 0.3) is 0 Å².